The third-order valence-corrected chi connectivity index (χ3v) is 1.49. The minimum atomic E-state index is -3.45. The van der Waals surface area contributed by atoms with Gasteiger partial charge in [-0.2, -0.15) is 0 Å². The van der Waals surface area contributed by atoms with E-state index < -0.39 is 30.8 Å². The first-order chi connectivity index (χ1) is 5.86. The molecule has 6 nitrogen and oxygen atoms in total. The molecule has 0 spiro atoms. The predicted molar refractivity (Wildman–Crippen MR) is 37.2 cm³/mol. The van der Waals surface area contributed by atoms with Gasteiger partial charge in [0.2, 0.25) is 0 Å². The molecular weight excluding hydrogens is 187 g/mol. The van der Waals surface area contributed by atoms with Crippen molar-refractivity contribution in [3.05, 3.63) is 0 Å². The van der Waals surface area contributed by atoms with E-state index in [9.17, 15) is 9.18 Å². The maximum atomic E-state index is 12.6. The summed E-state index contributed by atoms with van der Waals surface area (Å²) in [6.07, 6.45) is -6.82. The van der Waals surface area contributed by atoms with E-state index in [0.717, 1.165) is 0 Å². The van der Waals surface area contributed by atoms with Crippen LogP contribution in [0.2, 0.25) is 0 Å². The standard InChI is InChI=1S/C6H11FO6/c7-6(13,2-9)5(12)4(11)3(10)1-8/h1,3-5,9-13H,2H2/t3-,4+,5-,6+/m0/s1. The van der Waals surface area contributed by atoms with Crippen molar-refractivity contribution >= 4 is 6.29 Å². The van der Waals surface area contributed by atoms with Crippen LogP contribution in [0.1, 0.15) is 0 Å². The zero-order valence-electron chi connectivity index (χ0n) is 6.54. The molecule has 4 atom stereocenters. The van der Waals surface area contributed by atoms with E-state index in [1.165, 1.54) is 0 Å². The van der Waals surface area contributed by atoms with Gasteiger partial charge in [-0.25, -0.2) is 4.39 Å². The third kappa shape index (κ3) is 2.98. The number of carbonyl (C=O) groups is 1. The summed E-state index contributed by atoms with van der Waals surface area (Å²) in [5.41, 5.74) is 0. The molecule has 0 aromatic rings. The van der Waals surface area contributed by atoms with Gasteiger partial charge >= 0.3 is 0 Å². The number of halogens is 1. The number of hydrogen-bond donors (Lipinski definition) is 5. The number of aldehydes is 1. The van der Waals surface area contributed by atoms with Crippen LogP contribution < -0.4 is 0 Å². The Morgan fingerprint density at radius 2 is 1.85 bits per heavy atom. The van der Waals surface area contributed by atoms with Crippen molar-refractivity contribution in [3.63, 3.8) is 0 Å². The molecule has 0 saturated heterocycles. The molecule has 0 bridgehead atoms. The van der Waals surface area contributed by atoms with E-state index in [1.807, 2.05) is 0 Å². The van der Waals surface area contributed by atoms with Crippen molar-refractivity contribution < 1.29 is 34.7 Å². The fraction of sp³-hybridized carbons (Fsp3) is 0.833. The van der Waals surface area contributed by atoms with Gasteiger partial charge in [0, 0.05) is 0 Å². The van der Waals surface area contributed by atoms with Crippen LogP contribution in [-0.2, 0) is 4.79 Å². The van der Waals surface area contributed by atoms with Gasteiger partial charge < -0.3 is 30.3 Å². The summed E-state index contributed by atoms with van der Waals surface area (Å²) in [6.45, 7) is -1.46. The molecule has 7 heteroatoms. The first-order valence-corrected chi connectivity index (χ1v) is 3.38. The van der Waals surface area contributed by atoms with Gasteiger partial charge in [-0.1, -0.05) is 0 Å². The van der Waals surface area contributed by atoms with E-state index in [0.29, 0.717) is 0 Å². The smallest absolute Gasteiger partial charge is 0.258 e. The zero-order valence-corrected chi connectivity index (χ0v) is 6.54. The Morgan fingerprint density at radius 1 is 1.38 bits per heavy atom. The Balaban J connectivity index is 4.40. The van der Waals surface area contributed by atoms with Crippen LogP contribution in [0, 0.1) is 0 Å². The summed E-state index contributed by atoms with van der Waals surface area (Å²) in [5, 5.41) is 43.0. The molecule has 13 heavy (non-hydrogen) atoms. The fourth-order valence-corrected chi connectivity index (χ4v) is 0.622. The van der Waals surface area contributed by atoms with Gasteiger partial charge in [-0.05, 0) is 0 Å². The van der Waals surface area contributed by atoms with Crippen LogP contribution >= 0.6 is 0 Å². The molecular formula is C6H11FO6. The number of aliphatic hydroxyl groups excluding tert-OH is 4. The molecule has 0 aromatic carbocycles. The number of alkyl halides is 1. The second-order valence-electron chi connectivity index (χ2n) is 2.54. The van der Waals surface area contributed by atoms with Crippen LogP contribution in [0.15, 0.2) is 0 Å². The molecule has 0 unspecified atom stereocenters. The van der Waals surface area contributed by atoms with E-state index in [1.54, 1.807) is 0 Å². The minimum Gasteiger partial charge on any atom is -0.390 e. The Kier molecular flexibility index (Phi) is 4.37. The highest BCUT2D eigenvalue weighted by atomic mass is 19.2. The van der Waals surface area contributed by atoms with Crippen molar-refractivity contribution in [1.82, 2.24) is 0 Å². The van der Waals surface area contributed by atoms with Crippen molar-refractivity contribution in [1.29, 1.82) is 0 Å². The van der Waals surface area contributed by atoms with E-state index in [4.69, 9.17) is 25.5 Å². The van der Waals surface area contributed by atoms with E-state index >= 15 is 0 Å². The lowest BCUT2D eigenvalue weighted by Gasteiger charge is -2.27. The normalized spacial score (nSPS) is 22.9. The zero-order chi connectivity index (χ0) is 10.6. The lowest BCUT2D eigenvalue weighted by molar-refractivity contribution is -0.227. The molecule has 0 fully saturated rings. The van der Waals surface area contributed by atoms with Gasteiger partial charge in [-0.15, -0.1) is 0 Å². The molecule has 0 amide bonds. The fourth-order valence-electron chi connectivity index (χ4n) is 0.622. The first kappa shape index (κ1) is 12.4. The van der Waals surface area contributed by atoms with Crippen LogP contribution in [-0.4, -0.2) is 62.6 Å². The van der Waals surface area contributed by atoms with Gasteiger partial charge in [-0.3, -0.25) is 0 Å². The molecule has 78 valence electrons. The summed E-state index contributed by atoms with van der Waals surface area (Å²) >= 11 is 0. The monoisotopic (exact) mass is 198 g/mol. The number of hydrogen-bond acceptors (Lipinski definition) is 6. The van der Waals surface area contributed by atoms with Crippen molar-refractivity contribution in [3.8, 4) is 0 Å². The molecule has 0 aliphatic rings. The summed E-state index contributed by atoms with van der Waals surface area (Å²) in [5.74, 6) is -3.45. The van der Waals surface area contributed by atoms with Gasteiger partial charge in [0.05, 0.1) is 0 Å². The number of carbonyl (C=O) groups excluding carboxylic acids is 1. The van der Waals surface area contributed by atoms with E-state index in [2.05, 4.69) is 0 Å². The topological polar surface area (TPSA) is 118 Å². The third-order valence-electron chi connectivity index (χ3n) is 1.49. The molecule has 0 aliphatic carbocycles. The Hall–Kier alpha value is -0.600. The largest absolute Gasteiger partial charge is 0.390 e. The number of aliphatic hydroxyl groups is 5. The molecule has 0 heterocycles. The SMILES string of the molecule is O=C[C@H](O)[C@@H](O)[C@H](O)[C@@](O)(F)CO. The van der Waals surface area contributed by atoms with Crippen molar-refractivity contribution in [2.75, 3.05) is 6.61 Å². The summed E-state index contributed by atoms with van der Waals surface area (Å²) < 4.78 is 12.6. The average Bonchev–Trinajstić information content (AvgIpc) is 2.14. The maximum Gasteiger partial charge on any atom is 0.258 e. The Labute approximate surface area is 72.9 Å². The molecule has 0 saturated carbocycles. The second kappa shape index (κ2) is 4.58. The maximum absolute atomic E-state index is 12.6. The quantitative estimate of drug-likeness (QED) is 0.299. The molecule has 0 radical (unpaired) electrons. The van der Waals surface area contributed by atoms with Gasteiger partial charge in [0.1, 0.15) is 24.9 Å². The molecule has 0 aromatic heterocycles. The van der Waals surface area contributed by atoms with Crippen LogP contribution in [0.4, 0.5) is 4.39 Å². The Bertz CT molecular complexity index is 173. The van der Waals surface area contributed by atoms with Gasteiger partial charge in [0.15, 0.2) is 6.29 Å². The summed E-state index contributed by atoms with van der Waals surface area (Å²) in [6, 6.07) is 0. The summed E-state index contributed by atoms with van der Waals surface area (Å²) in [4.78, 5) is 9.88. The molecule has 0 rings (SSSR count). The van der Waals surface area contributed by atoms with Crippen molar-refractivity contribution in [2.24, 2.45) is 0 Å². The van der Waals surface area contributed by atoms with Crippen LogP contribution in [0.5, 0.6) is 0 Å². The van der Waals surface area contributed by atoms with Crippen LogP contribution in [0.3, 0.4) is 0 Å². The van der Waals surface area contributed by atoms with Gasteiger partial charge in [0.25, 0.3) is 5.85 Å². The van der Waals surface area contributed by atoms with E-state index in [-0.39, 0.29) is 6.29 Å². The second-order valence-corrected chi connectivity index (χ2v) is 2.54. The highest BCUT2D eigenvalue weighted by Gasteiger charge is 2.42. The highest BCUT2D eigenvalue weighted by Crippen LogP contribution is 2.16. The minimum absolute atomic E-state index is 0.138. The number of rotatable bonds is 5. The molecule has 0 aliphatic heterocycles. The summed E-state index contributed by atoms with van der Waals surface area (Å²) in [7, 11) is 0. The molecule has 5 N–H and O–H groups in total. The van der Waals surface area contributed by atoms with Crippen molar-refractivity contribution in [2.45, 2.75) is 24.2 Å². The Morgan fingerprint density at radius 3 is 2.15 bits per heavy atom. The average molecular weight is 198 g/mol. The highest BCUT2D eigenvalue weighted by molar-refractivity contribution is 5.56. The first-order valence-electron chi connectivity index (χ1n) is 3.38. The lowest BCUT2D eigenvalue weighted by atomic mass is 10.0. The van der Waals surface area contributed by atoms with Crippen LogP contribution in [0.25, 0.3) is 0 Å². The lowest BCUT2D eigenvalue weighted by Crippen LogP contribution is -2.52. The predicted octanol–water partition coefficient (Wildman–Crippen LogP) is -3.08.